The molecule has 1 saturated carbocycles. The smallest absolute Gasteiger partial charge is 0.233 e. The Morgan fingerprint density at radius 1 is 1.22 bits per heavy atom. The minimum atomic E-state index is 0.0516. The van der Waals surface area contributed by atoms with Gasteiger partial charge in [-0.15, -0.1) is 0 Å². The Bertz CT molecular complexity index is 387. The quantitative estimate of drug-likeness (QED) is 0.819. The predicted octanol–water partition coefficient (Wildman–Crippen LogP) is 2.76. The van der Waals surface area contributed by atoms with Gasteiger partial charge in [-0.1, -0.05) is 30.8 Å². The van der Waals surface area contributed by atoms with Crippen LogP contribution in [0.15, 0.2) is 4.52 Å². The SMILES string of the molecule is CC1(c2nc(C3CCCCCC3)no2)CCNC1. The summed E-state index contributed by atoms with van der Waals surface area (Å²) in [7, 11) is 0. The normalized spacial score (nSPS) is 30.5. The second kappa shape index (κ2) is 5.00. The number of aromatic nitrogens is 2. The summed E-state index contributed by atoms with van der Waals surface area (Å²) in [5.74, 6) is 2.33. The number of hydrogen-bond donors (Lipinski definition) is 1. The number of nitrogens with one attached hydrogen (secondary N) is 1. The van der Waals surface area contributed by atoms with E-state index in [9.17, 15) is 0 Å². The zero-order valence-corrected chi connectivity index (χ0v) is 11.2. The van der Waals surface area contributed by atoms with E-state index < -0.39 is 0 Å². The van der Waals surface area contributed by atoms with Gasteiger partial charge in [-0.25, -0.2) is 0 Å². The van der Waals surface area contributed by atoms with Crippen LogP contribution >= 0.6 is 0 Å². The van der Waals surface area contributed by atoms with Gasteiger partial charge in [0.2, 0.25) is 5.89 Å². The maximum absolute atomic E-state index is 5.54. The third-order valence-electron chi connectivity index (χ3n) is 4.55. The van der Waals surface area contributed by atoms with Crippen LogP contribution in [0.5, 0.6) is 0 Å². The third kappa shape index (κ3) is 2.30. The van der Waals surface area contributed by atoms with E-state index in [4.69, 9.17) is 9.51 Å². The van der Waals surface area contributed by atoms with E-state index in [1.54, 1.807) is 0 Å². The van der Waals surface area contributed by atoms with Crippen molar-refractivity contribution in [1.82, 2.24) is 15.5 Å². The molecule has 1 aromatic heterocycles. The molecule has 1 saturated heterocycles. The standard InChI is InChI=1S/C14H23N3O/c1-14(8-9-15-10-14)13-16-12(17-18-13)11-6-4-2-3-5-7-11/h11,15H,2-10H2,1H3. The summed E-state index contributed by atoms with van der Waals surface area (Å²) in [6.07, 6.45) is 8.91. The van der Waals surface area contributed by atoms with Crippen molar-refractivity contribution in [3.8, 4) is 0 Å². The lowest BCUT2D eigenvalue weighted by atomic mass is 9.90. The zero-order chi connectivity index (χ0) is 12.4. The first-order valence-electron chi connectivity index (χ1n) is 7.33. The molecule has 1 N–H and O–H groups in total. The largest absolute Gasteiger partial charge is 0.339 e. The van der Waals surface area contributed by atoms with E-state index >= 15 is 0 Å². The lowest BCUT2D eigenvalue weighted by Crippen LogP contribution is -2.25. The third-order valence-corrected chi connectivity index (χ3v) is 4.55. The zero-order valence-electron chi connectivity index (χ0n) is 11.2. The van der Waals surface area contributed by atoms with Crippen LogP contribution in [-0.4, -0.2) is 23.2 Å². The molecule has 4 nitrogen and oxygen atoms in total. The molecule has 3 rings (SSSR count). The van der Waals surface area contributed by atoms with Crippen molar-refractivity contribution in [3.05, 3.63) is 11.7 Å². The maximum Gasteiger partial charge on any atom is 0.233 e. The van der Waals surface area contributed by atoms with E-state index in [1.165, 1.54) is 38.5 Å². The first-order valence-corrected chi connectivity index (χ1v) is 7.33. The van der Waals surface area contributed by atoms with Gasteiger partial charge in [-0.05, 0) is 32.7 Å². The molecular weight excluding hydrogens is 226 g/mol. The molecule has 0 aromatic carbocycles. The van der Waals surface area contributed by atoms with Crippen LogP contribution in [0.1, 0.15) is 69.5 Å². The van der Waals surface area contributed by atoms with E-state index in [1.807, 2.05) is 0 Å². The van der Waals surface area contributed by atoms with E-state index in [-0.39, 0.29) is 5.41 Å². The molecule has 0 bridgehead atoms. The van der Waals surface area contributed by atoms with Crippen molar-refractivity contribution in [1.29, 1.82) is 0 Å². The molecule has 2 heterocycles. The second-order valence-electron chi connectivity index (χ2n) is 6.13. The van der Waals surface area contributed by atoms with Gasteiger partial charge in [0.1, 0.15) is 0 Å². The lowest BCUT2D eigenvalue weighted by molar-refractivity contribution is 0.302. The minimum absolute atomic E-state index is 0.0516. The van der Waals surface area contributed by atoms with Gasteiger partial charge in [-0.2, -0.15) is 4.98 Å². The maximum atomic E-state index is 5.54. The average molecular weight is 249 g/mol. The van der Waals surface area contributed by atoms with E-state index in [0.717, 1.165) is 31.2 Å². The summed E-state index contributed by atoms with van der Waals surface area (Å²) in [6, 6.07) is 0. The van der Waals surface area contributed by atoms with Crippen molar-refractivity contribution in [2.45, 2.75) is 63.2 Å². The Balaban J connectivity index is 1.76. The van der Waals surface area contributed by atoms with Crippen molar-refractivity contribution < 1.29 is 4.52 Å². The fourth-order valence-corrected chi connectivity index (χ4v) is 3.18. The summed E-state index contributed by atoms with van der Waals surface area (Å²) >= 11 is 0. The van der Waals surface area contributed by atoms with Gasteiger partial charge in [0.05, 0.1) is 5.41 Å². The average Bonchev–Trinajstić information content (AvgIpc) is 2.94. The summed E-state index contributed by atoms with van der Waals surface area (Å²) in [4.78, 5) is 4.71. The molecule has 2 aliphatic rings. The number of nitrogens with zero attached hydrogens (tertiary/aromatic N) is 2. The van der Waals surface area contributed by atoms with Gasteiger partial charge in [0, 0.05) is 12.5 Å². The monoisotopic (exact) mass is 249 g/mol. The topological polar surface area (TPSA) is 51.0 Å². The van der Waals surface area contributed by atoms with Gasteiger partial charge in [0.15, 0.2) is 5.82 Å². The molecule has 0 radical (unpaired) electrons. The fourth-order valence-electron chi connectivity index (χ4n) is 3.18. The minimum Gasteiger partial charge on any atom is -0.339 e. The van der Waals surface area contributed by atoms with Crippen LogP contribution in [0.25, 0.3) is 0 Å². The van der Waals surface area contributed by atoms with E-state index in [2.05, 4.69) is 17.4 Å². The number of rotatable bonds is 2. The Morgan fingerprint density at radius 3 is 2.67 bits per heavy atom. The Kier molecular flexibility index (Phi) is 3.37. The molecule has 1 aromatic rings. The Morgan fingerprint density at radius 2 is 2.00 bits per heavy atom. The summed E-state index contributed by atoms with van der Waals surface area (Å²) in [5, 5.41) is 7.64. The van der Waals surface area contributed by atoms with Gasteiger partial charge < -0.3 is 9.84 Å². The van der Waals surface area contributed by atoms with Crippen LogP contribution in [0.4, 0.5) is 0 Å². The lowest BCUT2D eigenvalue weighted by Gasteiger charge is -2.16. The molecular formula is C14H23N3O. The number of hydrogen-bond acceptors (Lipinski definition) is 4. The van der Waals surface area contributed by atoms with Crippen LogP contribution in [0, 0.1) is 0 Å². The molecule has 2 fully saturated rings. The molecule has 1 aliphatic heterocycles. The predicted molar refractivity (Wildman–Crippen MR) is 69.6 cm³/mol. The summed E-state index contributed by atoms with van der Waals surface area (Å²) < 4.78 is 5.54. The van der Waals surface area contributed by atoms with Crippen LogP contribution < -0.4 is 5.32 Å². The van der Waals surface area contributed by atoms with Crippen molar-refractivity contribution in [3.63, 3.8) is 0 Å². The highest BCUT2D eigenvalue weighted by Crippen LogP contribution is 2.33. The highest BCUT2D eigenvalue weighted by atomic mass is 16.5. The van der Waals surface area contributed by atoms with Crippen LogP contribution in [0.2, 0.25) is 0 Å². The first kappa shape index (κ1) is 12.2. The van der Waals surface area contributed by atoms with Gasteiger partial charge in [0.25, 0.3) is 0 Å². The molecule has 18 heavy (non-hydrogen) atoms. The van der Waals surface area contributed by atoms with Gasteiger partial charge in [-0.3, -0.25) is 0 Å². The first-order chi connectivity index (χ1) is 8.78. The Hall–Kier alpha value is -0.900. The van der Waals surface area contributed by atoms with Crippen LogP contribution in [-0.2, 0) is 5.41 Å². The molecule has 1 aliphatic carbocycles. The van der Waals surface area contributed by atoms with E-state index in [0.29, 0.717) is 5.92 Å². The molecule has 1 unspecified atom stereocenters. The second-order valence-corrected chi connectivity index (χ2v) is 6.13. The molecule has 100 valence electrons. The molecule has 0 amide bonds. The molecule has 1 atom stereocenters. The molecule has 0 spiro atoms. The van der Waals surface area contributed by atoms with Crippen molar-refractivity contribution >= 4 is 0 Å². The van der Waals surface area contributed by atoms with Crippen LogP contribution in [0.3, 0.4) is 0 Å². The summed E-state index contributed by atoms with van der Waals surface area (Å²) in [6.45, 7) is 4.23. The van der Waals surface area contributed by atoms with Crippen molar-refractivity contribution in [2.75, 3.05) is 13.1 Å². The Labute approximate surface area is 109 Å². The molecule has 4 heteroatoms. The highest BCUT2D eigenvalue weighted by Gasteiger charge is 2.36. The fraction of sp³-hybridized carbons (Fsp3) is 0.857. The highest BCUT2D eigenvalue weighted by molar-refractivity contribution is 5.09. The summed E-state index contributed by atoms with van der Waals surface area (Å²) in [5.41, 5.74) is 0.0516. The van der Waals surface area contributed by atoms with Gasteiger partial charge >= 0.3 is 0 Å². The van der Waals surface area contributed by atoms with Crippen molar-refractivity contribution in [2.24, 2.45) is 0 Å².